The normalized spacial score (nSPS) is 12.2. The quantitative estimate of drug-likeness (QED) is 0.853. The van der Waals surface area contributed by atoms with Gasteiger partial charge in [-0.15, -0.1) is 0 Å². The molecule has 0 aliphatic rings. The Labute approximate surface area is 116 Å². The Balaban J connectivity index is 2.08. The van der Waals surface area contributed by atoms with Crippen LogP contribution in [0.15, 0.2) is 40.8 Å². The van der Waals surface area contributed by atoms with E-state index in [4.69, 9.17) is 14.9 Å². The lowest BCUT2D eigenvalue weighted by molar-refractivity contribution is -0.144. The Kier molecular flexibility index (Phi) is 4.53. The van der Waals surface area contributed by atoms with Crippen LogP contribution in [-0.4, -0.2) is 18.6 Å². The maximum Gasteiger partial charge on any atom is 0.323 e. The summed E-state index contributed by atoms with van der Waals surface area (Å²) in [7, 11) is 0. The number of hydrogen-bond donors (Lipinski definition) is 1. The van der Waals surface area contributed by atoms with Crippen LogP contribution < -0.4 is 5.73 Å². The van der Waals surface area contributed by atoms with Crippen molar-refractivity contribution in [1.82, 2.24) is 0 Å². The molecule has 0 radical (unpaired) electrons. The first-order valence-electron chi connectivity index (χ1n) is 6.37. The molecule has 4 nitrogen and oxygen atoms in total. The molecule has 5 heteroatoms. The number of nitrogens with two attached hydrogens (primary N) is 1. The molecule has 1 atom stereocenters. The fourth-order valence-corrected chi connectivity index (χ4v) is 1.83. The third kappa shape index (κ3) is 3.45. The van der Waals surface area contributed by atoms with E-state index >= 15 is 0 Å². The summed E-state index contributed by atoms with van der Waals surface area (Å²) in [4.78, 5) is 11.4. The summed E-state index contributed by atoms with van der Waals surface area (Å²) in [5.41, 5.74) is 6.35. The Morgan fingerprint density at radius 2 is 2.20 bits per heavy atom. The molecule has 0 bridgehead atoms. The predicted molar refractivity (Wildman–Crippen MR) is 72.4 cm³/mol. The lowest BCUT2D eigenvalue weighted by Gasteiger charge is -2.08. The zero-order valence-electron chi connectivity index (χ0n) is 11.1. The maximum atomic E-state index is 13.1. The van der Waals surface area contributed by atoms with Gasteiger partial charge >= 0.3 is 5.97 Å². The van der Waals surface area contributed by atoms with Gasteiger partial charge < -0.3 is 14.9 Å². The van der Waals surface area contributed by atoms with Crippen molar-refractivity contribution in [1.29, 1.82) is 0 Å². The summed E-state index contributed by atoms with van der Waals surface area (Å²) >= 11 is 0. The van der Waals surface area contributed by atoms with Gasteiger partial charge in [0.05, 0.1) is 6.61 Å². The number of esters is 1. The molecule has 1 aromatic heterocycles. The highest BCUT2D eigenvalue weighted by Gasteiger charge is 2.17. The number of furan rings is 1. The van der Waals surface area contributed by atoms with Gasteiger partial charge in [0.1, 0.15) is 23.4 Å². The third-order valence-electron chi connectivity index (χ3n) is 2.78. The zero-order chi connectivity index (χ0) is 14.5. The van der Waals surface area contributed by atoms with Gasteiger partial charge in [0.15, 0.2) is 0 Å². The van der Waals surface area contributed by atoms with Crippen molar-refractivity contribution in [2.24, 2.45) is 5.73 Å². The number of carbonyl (C=O) groups excluding carboxylic acids is 1. The summed E-state index contributed by atoms with van der Waals surface area (Å²) in [5, 5.41) is 0. The van der Waals surface area contributed by atoms with Crippen LogP contribution in [0.4, 0.5) is 4.39 Å². The van der Waals surface area contributed by atoms with Gasteiger partial charge in [-0.1, -0.05) is 12.1 Å². The second-order valence-corrected chi connectivity index (χ2v) is 4.34. The van der Waals surface area contributed by atoms with E-state index in [2.05, 4.69) is 0 Å². The molecule has 20 heavy (non-hydrogen) atoms. The molecule has 1 heterocycles. The summed E-state index contributed by atoms with van der Waals surface area (Å²) < 4.78 is 23.5. The monoisotopic (exact) mass is 277 g/mol. The van der Waals surface area contributed by atoms with Crippen LogP contribution in [0.5, 0.6) is 0 Å². The van der Waals surface area contributed by atoms with Gasteiger partial charge in [0, 0.05) is 12.0 Å². The number of benzene rings is 1. The van der Waals surface area contributed by atoms with Crippen molar-refractivity contribution < 1.29 is 18.3 Å². The van der Waals surface area contributed by atoms with Crippen LogP contribution in [0.1, 0.15) is 12.7 Å². The van der Waals surface area contributed by atoms with Crippen molar-refractivity contribution in [2.45, 2.75) is 19.4 Å². The van der Waals surface area contributed by atoms with Crippen LogP contribution in [0.25, 0.3) is 11.3 Å². The molecule has 2 rings (SSSR count). The van der Waals surface area contributed by atoms with Gasteiger partial charge in [-0.05, 0) is 31.2 Å². The summed E-state index contributed by atoms with van der Waals surface area (Å²) in [6.07, 6.45) is 0.244. The average molecular weight is 277 g/mol. The molecular formula is C15H16FNO3. The largest absolute Gasteiger partial charge is 0.465 e. The molecule has 106 valence electrons. The molecule has 0 amide bonds. The van der Waals surface area contributed by atoms with Crippen LogP contribution >= 0.6 is 0 Å². The standard InChI is InChI=1S/C15H16FNO3/c1-2-19-15(18)13(17)9-12-6-7-14(20-12)10-4-3-5-11(16)8-10/h3-8,13H,2,9,17H2,1H3. The van der Waals surface area contributed by atoms with Crippen LogP contribution in [0.2, 0.25) is 0 Å². The maximum absolute atomic E-state index is 13.1. The Bertz CT molecular complexity index is 594. The number of ether oxygens (including phenoxy) is 1. The minimum absolute atomic E-state index is 0.244. The van der Waals surface area contributed by atoms with Gasteiger partial charge in [0.25, 0.3) is 0 Å². The fourth-order valence-electron chi connectivity index (χ4n) is 1.83. The lowest BCUT2D eigenvalue weighted by atomic mass is 10.1. The molecule has 2 N–H and O–H groups in total. The Morgan fingerprint density at radius 3 is 2.90 bits per heavy atom. The summed E-state index contributed by atoms with van der Waals surface area (Å²) in [5.74, 6) is 0.306. The molecule has 1 aromatic carbocycles. The first-order chi connectivity index (χ1) is 9.60. The summed E-state index contributed by atoms with van der Waals surface area (Å²) in [6, 6.07) is 8.79. The Hall–Kier alpha value is -2.14. The van der Waals surface area contributed by atoms with E-state index in [0.717, 1.165) is 0 Å². The second kappa shape index (κ2) is 6.34. The number of halogens is 1. The van der Waals surface area contributed by atoms with Gasteiger partial charge in [-0.25, -0.2) is 4.39 Å². The van der Waals surface area contributed by atoms with Crippen LogP contribution in [-0.2, 0) is 16.0 Å². The molecule has 0 spiro atoms. The number of rotatable bonds is 5. The van der Waals surface area contributed by atoms with E-state index in [9.17, 15) is 9.18 Å². The minimum Gasteiger partial charge on any atom is -0.465 e. The molecular weight excluding hydrogens is 261 g/mol. The Morgan fingerprint density at radius 1 is 1.40 bits per heavy atom. The van der Waals surface area contributed by atoms with Crippen molar-refractivity contribution in [3.8, 4) is 11.3 Å². The average Bonchev–Trinajstić information content (AvgIpc) is 2.87. The van der Waals surface area contributed by atoms with E-state index in [0.29, 0.717) is 23.7 Å². The molecule has 2 aromatic rings. The highest BCUT2D eigenvalue weighted by atomic mass is 19.1. The topological polar surface area (TPSA) is 65.5 Å². The van der Waals surface area contributed by atoms with E-state index < -0.39 is 12.0 Å². The lowest BCUT2D eigenvalue weighted by Crippen LogP contribution is -2.34. The second-order valence-electron chi connectivity index (χ2n) is 4.34. The highest BCUT2D eigenvalue weighted by molar-refractivity contribution is 5.75. The predicted octanol–water partition coefficient (Wildman–Crippen LogP) is 2.52. The zero-order valence-corrected chi connectivity index (χ0v) is 11.1. The van der Waals surface area contributed by atoms with Crippen LogP contribution in [0, 0.1) is 5.82 Å². The van der Waals surface area contributed by atoms with Gasteiger partial charge in [-0.2, -0.15) is 0 Å². The van der Waals surface area contributed by atoms with E-state index in [1.54, 1.807) is 31.2 Å². The smallest absolute Gasteiger partial charge is 0.323 e. The first-order valence-corrected chi connectivity index (χ1v) is 6.37. The molecule has 0 aliphatic heterocycles. The molecule has 0 fully saturated rings. The number of carbonyl (C=O) groups is 1. The fraction of sp³-hybridized carbons (Fsp3) is 0.267. The van der Waals surface area contributed by atoms with E-state index in [1.807, 2.05) is 0 Å². The third-order valence-corrected chi connectivity index (χ3v) is 2.78. The minimum atomic E-state index is -0.763. The van der Waals surface area contributed by atoms with E-state index in [1.165, 1.54) is 12.1 Å². The van der Waals surface area contributed by atoms with Crippen molar-refractivity contribution in [3.05, 3.63) is 48.0 Å². The molecule has 0 saturated carbocycles. The molecule has 0 aliphatic carbocycles. The molecule has 0 saturated heterocycles. The van der Waals surface area contributed by atoms with Crippen molar-refractivity contribution in [2.75, 3.05) is 6.61 Å². The highest BCUT2D eigenvalue weighted by Crippen LogP contribution is 2.23. The molecule has 1 unspecified atom stereocenters. The first kappa shape index (κ1) is 14.3. The van der Waals surface area contributed by atoms with Crippen molar-refractivity contribution >= 4 is 5.97 Å². The van der Waals surface area contributed by atoms with Crippen LogP contribution in [0.3, 0.4) is 0 Å². The number of hydrogen-bond acceptors (Lipinski definition) is 4. The summed E-state index contributed by atoms with van der Waals surface area (Å²) in [6.45, 7) is 2.01. The van der Waals surface area contributed by atoms with E-state index in [-0.39, 0.29) is 12.2 Å². The SMILES string of the molecule is CCOC(=O)C(N)Cc1ccc(-c2cccc(F)c2)o1. The van der Waals surface area contributed by atoms with Gasteiger partial charge in [-0.3, -0.25) is 4.79 Å². The van der Waals surface area contributed by atoms with Crippen molar-refractivity contribution in [3.63, 3.8) is 0 Å². The van der Waals surface area contributed by atoms with Gasteiger partial charge in [0.2, 0.25) is 0 Å².